The number of ether oxygens (including phenoxy) is 2. The van der Waals surface area contributed by atoms with Gasteiger partial charge in [0.25, 0.3) is 13.4 Å². The van der Waals surface area contributed by atoms with Crippen LogP contribution in [-0.4, -0.2) is 13.4 Å². The lowest BCUT2D eigenvalue weighted by Crippen LogP contribution is -2.63. The fourth-order valence-corrected chi connectivity index (χ4v) is 16.9. The first-order chi connectivity index (χ1) is 44.0. The van der Waals surface area contributed by atoms with E-state index in [1.807, 2.05) is 0 Å². The van der Waals surface area contributed by atoms with Gasteiger partial charge in [-0.05, 0) is 288 Å². The highest BCUT2D eigenvalue weighted by Gasteiger charge is 2.47. The molecule has 0 spiro atoms. The van der Waals surface area contributed by atoms with Crippen LogP contribution in [0.15, 0.2) is 231 Å². The average molecular weight is 1150 g/mol. The molecule has 426 valence electrons. The van der Waals surface area contributed by atoms with Gasteiger partial charge < -0.3 is 19.3 Å². The van der Waals surface area contributed by atoms with Crippen molar-refractivity contribution in [3.8, 4) is 67.5 Å². The van der Waals surface area contributed by atoms with Gasteiger partial charge in [0.2, 0.25) is 0 Å². The standard InChI is InChI=1S/C84H62B2N2O2/c1-47-21-16-22-48(2)77(47)61-43-62(78-49(3)23-17-24-50(78)4)58-39-40-60-64(44-63(79-51(5)25-18-26-52(79)6)59-38-37-57(61)81(58)82(59)60)80-53(7)41-56(42-54(80)8)88-70-32-20-36-76-84(70)86(66-30-13-15-34-74(66)90-76)68-45-67-71(46-72(68)88)87(55-27-10-9-11-28-55)69-31-19-35-75-83(69)85(67)65-29-12-14-33-73(65)89-75/h9-46H,1-8H3. The summed E-state index contributed by atoms with van der Waals surface area (Å²) in [6.45, 7) is 18.2. The summed E-state index contributed by atoms with van der Waals surface area (Å²) in [6, 6.07) is 86.4. The lowest BCUT2D eigenvalue weighted by atomic mass is 9.31. The molecule has 90 heavy (non-hydrogen) atoms. The number of para-hydroxylation sites is 3. The van der Waals surface area contributed by atoms with Crippen LogP contribution in [0.25, 0.3) is 76.8 Å². The second-order valence-electron chi connectivity index (χ2n) is 25.8. The van der Waals surface area contributed by atoms with Crippen molar-refractivity contribution in [3.05, 3.63) is 275 Å². The number of fused-ring (bicyclic) bond motifs is 8. The molecule has 0 saturated heterocycles. The number of aryl methyl sites for hydroxylation is 8. The highest BCUT2D eigenvalue weighted by atomic mass is 16.5. The summed E-state index contributed by atoms with van der Waals surface area (Å²) >= 11 is 0. The fraction of sp³-hybridized carbons (Fsp3) is 0.0952. The number of rotatable bonds is 6. The zero-order chi connectivity index (χ0) is 60.5. The van der Waals surface area contributed by atoms with Gasteiger partial charge in [0.15, 0.2) is 0 Å². The van der Waals surface area contributed by atoms with Crippen LogP contribution in [-0.2, 0) is 0 Å². The lowest BCUT2D eigenvalue weighted by molar-refractivity contribution is 0.487. The van der Waals surface area contributed by atoms with E-state index in [9.17, 15) is 0 Å². The number of nitrogens with zero attached hydrogens (tertiary/aromatic N) is 2. The first-order valence-electron chi connectivity index (χ1n) is 31.7. The van der Waals surface area contributed by atoms with Crippen molar-refractivity contribution in [1.82, 2.24) is 0 Å². The lowest BCUT2D eigenvalue weighted by Gasteiger charge is -2.44. The second kappa shape index (κ2) is 19.5. The van der Waals surface area contributed by atoms with Gasteiger partial charge in [0.05, 0.1) is 0 Å². The van der Waals surface area contributed by atoms with Gasteiger partial charge in [0.1, 0.15) is 23.0 Å². The third-order valence-electron chi connectivity index (χ3n) is 20.5. The van der Waals surface area contributed by atoms with Crippen molar-refractivity contribution in [3.63, 3.8) is 0 Å². The Balaban J connectivity index is 0.910. The van der Waals surface area contributed by atoms with Crippen molar-refractivity contribution in [1.29, 1.82) is 0 Å². The van der Waals surface area contributed by atoms with Crippen LogP contribution in [0.3, 0.4) is 0 Å². The van der Waals surface area contributed by atoms with Gasteiger partial charge >= 0.3 is 0 Å². The smallest absolute Gasteiger partial charge is 0.256 e. The predicted molar refractivity (Wildman–Crippen MR) is 381 cm³/mol. The van der Waals surface area contributed by atoms with Crippen molar-refractivity contribution in [2.45, 2.75) is 55.4 Å². The summed E-state index contributed by atoms with van der Waals surface area (Å²) in [5.41, 5.74) is 34.2. The second-order valence-corrected chi connectivity index (χ2v) is 25.8. The number of benzene rings is 14. The summed E-state index contributed by atoms with van der Waals surface area (Å²) < 4.78 is 13.8. The molecule has 0 bridgehead atoms. The van der Waals surface area contributed by atoms with E-state index < -0.39 is 0 Å². The molecule has 18 rings (SSSR count). The molecule has 0 unspecified atom stereocenters. The first kappa shape index (κ1) is 52.6. The quantitative estimate of drug-likeness (QED) is 0.122. The van der Waals surface area contributed by atoms with Crippen molar-refractivity contribution >= 4 is 113 Å². The Bertz CT molecular complexity index is 5300. The van der Waals surface area contributed by atoms with Crippen LogP contribution in [0, 0.1) is 55.4 Å². The molecule has 4 aliphatic heterocycles. The van der Waals surface area contributed by atoms with Gasteiger partial charge in [-0.25, -0.2) is 0 Å². The van der Waals surface area contributed by atoms with Gasteiger partial charge in [-0.1, -0.05) is 152 Å². The van der Waals surface area contributed by atoms with E-state index in [1.165, 1.54) is 154 Å². The van der Waals surface area contributed by atoms with E-state index in [4.69, 9.17) is 9.47 Å². The SMILES string of the molecule is Cc1cccc(C)c1-c1cc(-c2c(C)cccc2C)c2ccc3c(-c4c(C)cc(N5c6cc7c(cc6B6c8ccccc8Oc8cccc5c86)B5c6ccccc6Oc6cccc(c65)N7c5ccccc5)cc4C)cc(-c4c(C)cccc4C)c4ccc1c2c43. The van der Waals surface area contributed by atoms with E-state index in [-0.39, 0.29) is 13.4 Å². The van der Waals surface area contributed by atoms with Crippen LogP contribution in [0.1, 0.15) is 44.5 Å². The molecular formula is C84H62B2N2O2. The highest BCUT2D eigenvalue weighted by Crippen LogP contribution is 2.53. The van der Waals surface area contributed by atoms with Crippen LogP contribution in [0.4, 0.5) is 34.1 Å². The zero-order valence-electron chi connectivity index (χ0n) is 51.8. The molecule has 0 atom stereocenters. The summed E-state index contributed by atoms with van der Waals surface area (Å²) in [4.78, 5) is 5.03. The molecule has 14 aromatic carbocycles. The molecule has 14 aromatic rings. The molecule has 4 nitrogen and oxygen atoms in total. The Morgan fingerprint density at radius 1 is 0.256 bits per heavy atom. The average Bonchev–Trinajstić information content (AvgIpc) is 0.710. The Kier molecular flexibility index (Phi) is 11.4. The zero-order valence-corrected chi connectivity index (χ0v) is 51.8. The van der Waals surface area contributed by atoms with Crippen molar-refractivity contribution in [2.24, 2.45) is 0 Å². The maximum absolute atomic E-state index is 6.99. The van der Waals surface area contributed by atoms with Crippen LogP contribution in [0.5, 0.6) is 23.0 Å². The Morgan fingerprint density at radius 2 is 0.600 bits per heavy atom. The molecule has 0 fully saturated rings. The van der Waals surface area contributed by atoms with Gasteiger partial charge in [-0.3, -0.25) is 0 Å². The Labute approximate surface area is 526 Å². The maximum atomic E-state index is 6.99. The molecule has 0 N–H and O–H groups in total. The van der Waals surface area contributed by atoms with Crippen LogP contribution < -0.4 is 52.1 Å². The molecule has 0 radical (unpaired) electrons. The highest BCUT2D eigenvalue weighted by molar-refractivity contribution is 7.02. The van der Waals surface area contributed by atoms with E-state index in [0.29, 0.717) is 0 Å². The third kappa shape index (κ3) is 7.39. The molecule has 0 saturated carbocycles. The molecule has 0 amide bonds. The summed E-state index contributed by atoms with van der Waals surface area (Å²) in [5.74, 6) is 3.58. The van der Waals surface area contributed by atoms with Crippen molar-refractivity contribution < 1.29 is 9.47 Å². The summed E-state index contributed by atoms with van der Waals surface area (Å²) in [5, 5.41) is 7.72. The molecular weight excluding hydrogens is 1090 g/mol. The molecule has 0 aliphatic carbocycles. The fourth-order valence-electron chi connectivity index (χ4n) is 16.9. The topological polar surface area (TPSA) is 24.9 Å². The van der Waals surface area contributed by atoms with Gasteiger partial charge in [-0.2, -0.15) is 0 Å². The van der Waals surface area contributed by atoms with Gasteiger partial charge in [0, 0.05) is 34.1 Å². The minimum Gasteiger partial charge on any atom is -0.458 e. The summed E-state index contributed by atoms with van der Waals surface area (Å²) in [6.07, 6.45) is 0. The van der Waals surface area contributed by atoms with Crippen LogP contribution in [0.2, 0.25) is 0 Å². The van der Waals surface area contributed by atoms with Gasteiger partial charge in [-0.15, -0.1) is 0 Å². The molecule has 0 aromatic heterocycles. The number of hydrogen-bond donors (Lipinski definition) is 0. The van der Waals surface area contributed by atoms with Crippen molar-refractivity contribution in [2.75, 3.05) is 9.80 Å². The third-order valence-corrected chi connectivity index (χ3v) is 20.5. The Hall–Kier alpha value is -10.6. The number of anilines is 6. The monoisotopic (exact) mass is 1150 g/mol. The predicted octanol–water partition coefficient (Wildman–Crippen LogP) is 18.5. The first-order valence-corrected chi connectivity index (χ1v) is 31.7. The minimum absolute atomic E-state index is 0.0692. The maximum Gasteiger partial charge on any atom is 0.256 e. The van der Waals surface area contributed by atoms with E-state index >= 15 is 0 Å². The van der Waals surface area contributed by atoms with E-state index in [1.54, 1.807) is 0 Å². The molecule has 6 heteroatoms. The minimum atomic E-state index is -0.0953. The summed E-state index contributed by atoms with van der Waals surface area (Å²) in [7, 11) is 0. The number of hydrogen-bond acceptors (Lipinski definition) is 4. The molecule has 4 heterocycles. The van der Waals surface area contributed by atoms with E-state index in [2.05, 4.69) is 296 Å². The molecule has 4 aliphatic rings. The van der Waals surface area contributed by atoms with Crippen LogP contribution >= 0.6 is 0 Å². The largest absolute Gasteiger partial charge is 0.458 e. The van der Waals surface area contributed by atoms with E-state index in [0.717, 1.165) is 57.1 Å². The Morgan fingerprint density at radius 3 is 1.01 bits per heavy atom. The normalized spacial score (nSPS) is 13.2.